The Morgan fingerprint density at radius 2 is 1.80 bits per heavy atom. The van der Waals surface area contributed by atoms with E-state index in [9.17, 15) is 26.4 Å². The number of anilines is 3. The van der Waals surface area contributed by atoms with E-state index in [1.165, 1.54) is 17.5 Å². The van der Waals surface area contributed by atoms with Crippen LogP contribution in [-0.4, -0.2) is 25.5 Å². The molecule has 0 unspecified atom stereocenters. The molecule has 1 aromatic heterocycles. The van der Waals surface area contributed by atoms with E-state index in [-0.39, 0.29) is 22.1 Å². The lowest BCUT2D eigenvalue weighted by Crippen LogP contribution is -2.20. The van der Waals surface area contributed by atoms with Gasteiger partial charge in [0, 0.05) is 5.38 Å². The summed E-state index contributed by atoms with van der Waals surface area (Å²) in [7, 11) is -3.12. The number of aromatic nitrogens is 1. The third kappa shape index (κ3) is 5.36. The number of para-hydroxylation sites is 1. The fourth-order valence-corrected chi connectivity index (χ4v) is 4.05. The number of carbonyl (C=O) groups is 1. The van der Waals surface area contributed by atoms with Gasteiger partial charge in [0.25, 0.3) is 5.91 Å². The molecule has 2 aromatic carbocycles. The van der Waals surface area contributed by atoms with Crippen LogP contribution in [0.5, 0.6) is 0 Å². The summed E-state index contributed by atoms with van der Waals surface area (Å²) in [5.41, 5.74) is 1.22. The van der Waals surface area contributed by atoms with Crippen LogP contribution in [0.2, 0.25) is 0 Å². The molecule has 6 nitrogen and oxygen atoms in total. The molecule has 3 aromatic rings. The molecule has 158 valence electrons. The van der Waals surface area contributed by atoms with Crippen LogP contribution in [0.1, 0.15) is 21.6 Å². The number of hydrogen-bond donors (Lipinski definition) is 2. The van der Waals surface area contributed by atoms with Crippen molar-refractivity contribution in [3.63, 3.8) is 0 Å². The molecular weight excluding hydrogens is 439 g/mol. The van der Waals surface area contributed by atoms with Gasteiger partial charge in [0.05, 0.1) is 29.1 Å². The summed E-state index contributed by atoms with van der Waals surface area (Å²) in [6.07, 6.45) is -5.61. The van der Waals surface area contributed by atoms with E-state index in [1.54, 1.807) is 36.4 Å². The molecule has 0 aliphatic carbocycles. The summed E-state index contributed by atoms with van der Waals surface area (Å²) in [5, 5.41) is 3.64. The zero-order valence-corrected chi connectivity index (χ0v) is 17.2. The van der Waals surface area contributed by atoms with Crippen molar-refractivity contribution in [3.05, 3.63) is 70.7 Å². The molecule has 0 saturated carbocycles. The van der Waals surface area contributed by atoms with Gasteiger partial charge >= 0.3 is 6.18 Å². The van der Waals surface area contributed by atoms with Crippen LogP contribution in [-0.2, 0) is 17.3 Å². The van der Waals surface area contributed by atoms with Crippen molar-refractivity contribution < 1.29 is 26.4 Å². The third-order valence-corrected chi connectivity index (χ3v) is 5.55. The first-order chi connectivity index (χ1) is 14.1. The molecule has 11 heteroatoms. The monoisotopic (exact) mass is 455 g/mol. The van der Waals surface area contributed by atoms with Gasteiger partial charge in [-0.1, -0.05) is 29.8 Å². The van der Waals surface area contributed by atoms with Crippen molar-refractivity contribution in [2.75, 3.05) is 9.62 Å². The molecule has 0 aliphatic rings. The Kier molecular flexibility index (Phi) is 6.42. The van der Waals surface area contributed by atoms with Gasteiger partial charge in [-0.25, -0.2) is 17.7 Å². The topological polar surface area (TPSA) is 79.4 Å². The number of halogens is 3. The first-order valence-electron chi connectivity index (χ1n) is 8.56. The highest BCUT2D eigenvalue weighted by atomic mass is 32.2. The minimum Gasteiger partial charge on any atom is -0.298 e. The first-order valence-corrected chi connectivity index (χ1v) is 10.6. The standard InChI is InChI=1S/C19H16F3N3O3S2/c1-12-6-8-14(9-7-12)25(30(27)28)16-5-3-2-4-15(16)17(26)24-18-23-13(11-29-18)10-19(20,21)22/h2-9,11,30H,10H2,1H3,(H,23,24,26). The van der Waals surface area contributed by atoms with E-state index in [1.807, 2.05) is 6.92 Å². The molecule has 1 amide bonds. The maximum atomic E-state index is 12.8. The van der Waals surface area contributed by atoms with Crippen molar-refractivity contribution in [2.45, 2.75) is 19.5 Å². The number of thiazole rings is 1. The average Bonchev–Trinajstić information content (AvgIpc) is 3.08. The molecule has 0 saturated heterocycles. The van der Waals surface area contributed by atoms with Gasteiger partial charge in [-0.05, 0) is 31.2 Å². The number of aryl methyl sites for hydroxylation is 1. The fraction of sp³-hybridized carbons (Fsp3) is 0.158. The molecule has 0 atom stereocenters. The highest BCUT2D eigenvalue weighted by molar-refractivity contribution is 7.74. The molecule has 0 bridgehead atoms. The van der Waals surface area contributed by atoms with E-state index >= 15 is 0 Å². The third-order valence-electron chi connectivity index (χ3n) is 3.97. The molecule has 0 aliphatic heterocycles. The van der Waals surface area contributed by atoms with Crippen LogP contribution in [0, 0.1) is 6.92 Å². The van der Waals surface area contributed by atoms with Crippen molar-refractivity contribution >= 4 is 44.6 Å². The number of thiol groups is 1. The van der Waals surface area contributed by atoms with Gasteiger partial charge in [0.2, 0.25) is 10.9 Å². The number of hydrogen-bond acceptors (Lipinski definition) is 5. The van der Waals surface area contributed by atoms with Gasteiger partial charge in [-0.2, -0.15) is 13.2 Å². The van der Waals surface area contributed by atoms with Crippen LogP contribution in [0.3, 0.4) is 0 Å². The van der Waals surface area contributed by atoms with E-state index in [0.717, 1.165) is 21.2 Å². The summed E-state index contributed by atoms with van der Waals surface area (Å²) < 4.78 is 62.4. The highest BCUT2D eigenvalue weighted by Gasteiger charge is 2.29. The summed E-state index contributed by atoms with van der Waals surface area (Å²) >= 11 is 0.856. The van der Waals surface area contributed by atoms with Gasteiger partial charge in [-0.15, -0.1) is 11.3 Å². The second-order valence-electron chi connectivity index (χ2n) is 6.29. The zero-order chi connectivity index (χ0) is 21.9. The van der Waals surface area contributed by atoms with Crippen LogP contribution < -0.4 is 9.62 Å². The lowest BCUT2D eigenvalue weighted by Gasteiger charge is -2.20. The van der Waals surface area contributed by atoms with Crippen LogP contribution >= 0.6 is 11.3 Å². The van der Waals surface area contributed by atoms with Crippen LogP contribution in [0.4, 0.5) is 29.7 Å². The number of rotatable bonds is 6. The van der Waals surface area contributed by atoms with E-state index < -0.39 is 29.4 Å². The molecule has 30 heavy (non-hydrogen) atoms. The second-order valence-corrected chi connectivity index (χ2v) is 8.03. The smallest absolute Gasteiger partial charge is 0.298 e. The Labute approximate surface area is 176 Å². The normalized spacial score (nSPS) is 11.5. The minimum absolute atomic E-state index is 0.0116. The molecule has 0 fully saturated rings. The Morgan fingerprint density at radius 3 is 2.43 bits per heavy atom. The number of carbonyl (C=O) groups excluding carboxylic acids is 1. The summed E-state index contributed by atoms with van der Waals surface area (Å²) in [6, 6.07) is 12.7. The molecule has 0 radical (unpaired) electrons. The fourth-order valence-electron chi connectivity index (χ4n) is 2.67. The summed E-state index contributed by atoms with van der Waals surface area (Å²) in [4.78, 5) is 16.5. The summed E-state index contributed by atoms with van der Waals surface area (Å²) in [6.45, 7) is 1.85. The van der Waals surface area contributed by atoms with Crippen molar-refractivity contribution in [1.82, 2.24) is 4.98 Å². The Bertz CT molecular complexity index is 1120. The number of alkyl halides is 3. The lowest BCUT2D eigenvalue weighted by atomic mass is 10.1. The molecule has 3 rings (SSSR count). The average molecular weight is 455 g/mol. The zero-order valence-electron chi connectivity index (χ0n) is 15.5. The maximum absolute atomic E-state index is 12.8. The number of amides is 1. The van der Waals surface area contributed by atoms with Crippen LogP contribution in [0.15, 0.2) is 53.9 Å². The SMILES string of the molecule is Cc1ccc(N(c2ccccc2C(=O)Nc2nc(CC(F)(F)F)cs2)[SH](=O)=O)cc1. The van der Waals surface area contributed by atoms with Crippen molar-refractivity contribution in [2.24, 2.45) is 0 Å². The van der Waals surface area contributed by atoms with Crippen molar-refractivity contribution in [1.29, 1.82) is 0 Å². The lowest BCUT2D eigenvalue weighted by molar-refractivity contribution is -0.127. The highest BCUT2D eigenvalue weighted by Crippen LogP contribution is 2.30. The van der Waals surface area contributed by atoms with Gasteiger partial charge in [0.15, 0.2) is 5.13 Å². The van der Waals surface area contributed by atoms with E-state index in [0.29, 0.717) is 5.69 Å². The Morgan fingerprint density at radius 1 is 1.13 bits per heavy atom. The largest absolute Gasteiger partial charge is 0.394 e. The van der Waals surface area contributed by atoms with Crippen LogP contribution in [0.25, 0.3) is 0 Å². The van der Waals surface area contributed by atoms with E-state index in [4.69, 9.17) is 0 Å². The molecular formula is C19H16F3N3O3S2. The Hall–Kier alpha value is -2.92. The van der Waals surface area contributed by atoms with Crippen molar-refractivity contribution in [3.8, 4) is 0 Å². The predicted molar refractivity (Wildman–Crippen MR) is 110 cm³/mol. The molecule has 1 N–H and O–H groups in total. The Balaban J connectivity index is 1.90. The number of nitrogens with one attached hydrogen (secondary N) is 1. The predicted octanol–water partition coefficient (Wildman–Crippen LogP) is 4.47. The minimum atomic E-state index is -4.41. The summed E-state index contributed by atoms with van der Waals surface area (Å²) in [5.74, 6) is -0.688. The maximum Gasteiger partial charge on any atom is 0.394 e. The number of benzene rings is 2. The quantitative estimate of drug-likeness (QED) is 0.538. The molecule has 1 heterocycles. The molecule has 0 spiro atoms. The van der Waals surface area contributed by atoms with E-state index in [2.05, 4.69) is 10.3 Å². The number of nitrogens with zero attached hydrogens (tertiary/aromatic N) is 2. The van der Waals surface area contributed by atoms with Gasteiger partial charge in [-0.3, -0.25) is 10.1 Å². The van der Waals surface area contributed by atoms with Gasteiger partial charge < -0.3 is 0 Å². The first kappa shape index (κ1) is 21.8. The van der Waals surface area contributed by atoms with Gasteiger partial charge in [0.1, 0.15) is 0 Å². The second kappa shape index (κ2) is 8.84.